The number of aryl methyl sites for hydroxylation is 1. The number of fused-ring (bicyclic) bond motifs is 1. The van der Waals surface area contributed by atoms with Gasteiger partial charge in [-0.25, -0.2) is 9.97 Å². The van der Waals surface area contributed by atoms with Gasteiger partial charge in [-0.15, -0.1) is 11.3 Å². The molecular formula is C25H20N4OS. The van der Waals surface area contributed by atoms with E-state index in [4.69, 9.17) is 0 Å². The molecule has 0 spiro atoms. The number of hydrogen-bond acceptors (Lipinski definition) is 4. The van der Waals surface area contributed by atoms with Crippen LogP contribution in [0.4, 0.5) is 0 Å². The third kappa shape index (κ3) is 3.98. The van der Waals surface area contributed by atoms with E-state index in [1.165, 1.54) is 5.56 Å². The maximum Gasteiger partial charge on any atom is 0.251 e. The van der Waals surface area contributed by atoms with E-state index in [1.54, 1.807) is 17.4 Å². The smallest absolute Gasteiger partial charge is 0.251 e. The van der Waals surface area contributed by atoms with Gasteiger partial charge in [0, 0.05) is 34.5 Å². The molecule has 0 saturated heterocycles. The second kappa shape index (κ2) is 8.16. The molecule has 0 aliphatic heterocycles. The Morgan fingerprint density at radius 3 is 2.68 bits per heavy atom. The second-order valence-corrected chi connectivity index (χ2v) is 8.17. The molecule has 0 radical (unpaired) electrons. The number of nitrogens with one attached hydrogen (secondary N) is 1. The number of hydrogen-bond donors (Lipinski definition) is 1. The number of benzene rings is 2. The number of imidazole rings is 1. The Bertz CT molecular complexity index is 1370. The molecule has 3 aromatic heterocycles. The van der Waals surface area contributed by atoms with Crippen molar-refractivity contribution in [2.45, 2.75) is 13.5 Å². The van der Waals surface area contributed by atoms with Crippen LogP contribution < -0.4 is 5.32 Å². The minimum atomic E-state index is -0.141. The highest BCUT2D eigenvalue weighted by atomic mass is 32.1. The third-order valence-corrected chi connectivity index (χ3v) is 6.07. The summed E-state index contributed by atoms with van der Waals surface area (Å²) in [6.07, 6.45) is 3.83. The van der Waals surface area contributed by atoms with Gasteiger partial charge in [0.2, 0.25) is 0 Å². The lowest BCUT2D eigenvalue weighted by Gasteiger charge is -2.04. The molecule has 5 nitrogen and oxygen atoms in total. The highest BCUT2D eigenvalue weighted by Gasteiger charge is 2.11. The molecule has 0 bridgehead atoms. The SMILES string of the molecule is Cc1ccccc1-c1nc(CNC(=O)c2ccn3cc(-c4ccccc4)nc3c2)cs1. The highest BCUT2D eigenvalue weighted by molar-refractivity contribution is 7.13. The zero-order valence-corrected chi connectivity index (χ0v) is 17.8. The Labute approximate surface area is 184 Å². The van der Waals surface area contributed by atoms with E-state index < -0.39 is 0 Å². The van der Waals surface area contributed by atoms with Crippen molar-refractivity contribution in [2.75, 3.05) is 0 Å². The molecule has 0 unspecified atom stereocenters. The normalized spacial score (nSPS) is 11.0. The van der Waals surface area contributed by atoms with Gasteiger partial charge in [-0.3, -0.25) is 4.79 Å². The van der Waals surface area contributed by atoms with E-state index in [0.29, 0.717) is 12.1 Å². The van der Waals surface area contributed by atoms with Crippen molar-refractivity contribution in [3.63, 3.8) is 0 Å². The van der Waals surface area contributed by atoms with Crippen LogP contribution in [0.5, 0.6) is 0 Å². The molecule has 2 aromatic carbocycles. The summed E-state index contributed by atoms with van der Waals surface area (Å²) in [5, 5.41) is 5.93. The van der Waals surface area contributed by atoms with Crippen molar-refractivity contribution in [3.8, 4) is 21.8 Å². The largest absolute Gasteiger partial charge is 0.346 e. The first-order valence-corrected chi connectivity index (χ1v) is 10.9. The molecule has 3 heterocycles. The molecule has 0 aliphatic rings. The molecule has 152 valence electrons. The number of carbonyl (C=O) groups is 1. The lowest BCUT2D eigenvalue weighted by molar-refractivity contribution is 0.0950. The minimum absolute atomic E-state index is 0.141. The van der Waals surface area contributed by atoms with Gasteiger partial charge in [0.15, 0.2) is 0 Å². The summed E-state index contributed by atoms with van der Waals surface area (Å²) in [5.74, 6) is -0.141. The maximum absolute atomic E-state index is 12.7. The second-order valence-electron chi connectivity index (χ2n) is 7.31. The van der Waals surface area contributed by atoms with Gasteiger partial charge in [0.25, 0.3) is 5.91 Å². The zero-order chi connectivity index (χ0) is 21.2. The zero-order valence-electron chi connectivity index (χ0n) is 16.9. The number of carbonyl (C=O) groups excluding carboxylic acids is 1. The van der Waals surface area contributed by atoms with Gasteiger partial charge in [0.05, 0.1) is 17.9 Å². The lowest BCUT2D eigenvalue weighted by atomic mass is 10.1. The molecule has 1 N–H and O–H groups in total. The van der Waals surface area contributed by atoms with Crippen LogP contribution >= 0.6 is 11.3 Å². The first-order valence-electron chi connectivity index (χ1n) is 10.0. The summed E-state index contributed by atoms with van der Waals surface area (Å²) in [6, 6.07) is 21.8. The van der Waals surface area contributed by atoms with Crippen molar-refractivity contribution in [1.29, 1.82) is 0 Å². The van der Waals surface area contributed by atoms with Gasteiger partial charge in [-0.2, -0.15) is 0 Å². The average molecular weight is 425 g/mol. The van der Waals surface area contributed by atoms with Crippen molar-refractivity contribution in [2.24, 2.45) is 0 Å². The lowest BCUT2D eigenvalue weighted by Crippen LogP contribution is -2.23. The summed E-state index contributed by atoms with van der Waals surface area (Å²) in [6.45, 7) is 2.46. The topological polar surface area (TPSA) is 59.3 Å². The van der Waals surface area contributed by atoms with Crippen LogP contribution in [0.2, 0.25) is 0 Å². The van der Waals surface area contributed by atoms with Gasteiger partial charge in [-0.05, 0) is 24.6 Å². The quantitative estimate of drug-likeness (QED) is 0.413. The number of aromatic nitrogens is 3. The average Bonchev–Trinajstić information content (AvgIpc) is 3.45. The van der Waals surface area contributed by atoms with Crippen LogP contribution in [0.15, 0.2) is 84.5 Å². The van der Waals surface area contributed by atoms with E-state index >= 15 is 0 Å². The monoisotopic (exact) mass is 424 g/mol. The van der Waals surface area contributed by atoms with E-state index in [1.807, 2.05) is 70.7 Å². The highest BCUT2D eigenvalue weighted by Crippen LogP contribution is 2.26. The predicted octanol–water partition coefficient (Wildman–Crippen LogP) is 5.36. The van der Waals surface area contributed by atoms with E-state index in [2.05, 4.69) is 34.3 Å². The van der Waals surface area contributed by atoms with Crippen molar-refractivity contribution in [3.05, 3.63) is 101 Å². The molecule has 5 aromatic rings. The van der Waals surface area contributed by atoms with Crippen LogP contribution in [0.25, 0.3) is 27.5 Å². The number of rotatable bonds is 5. The molecule has 0 fully saturated rings. The maximum atomic E-state index is 12.7. The summed E-state index contributed by atoms with van der Waals surface area (Å²) in [4.78, 5) is 22.0. The minimum Gasteiger partial charge on any atom is -0.346 e. The summed E-state index contributed by atoms with van der Waals surface area (Å²) < 4.78 is 1.92. The van der Waals surface area contributed by atoms with Gasteiger partial charge in [-0.1, -0.05) is 54.6 Å². The van der Waals surface area contributed by atoms with Crippen LogP contribution in [0, 0.1) is 6.92 Å². The Morgan fingerprint density at radius 1 is 1.03 bits per heavy atom. The number of amides is 1. The molecule has 31 heavy (non-hydrogen) atoms. The molecule has 0 atom stereocenters. The van der Waals surface area contributed by atoms with Crippen molar-refractivity contribution in [1.82, 2.24) is 19.7 Å². The van der Waals surface area contributed by atoms with Crippen LogP contribution in [-0.2, 0) is 6.54 Å². The Balaban J connectivity index is 1.30. The molecular weight excluding hydrogens is 404 g/mol. The van der Waals surface area contributed by atoms with Crippen LogP contribution in [0.3, 0.4) is 0 Å². The van der Waals surface area contributed by atoms with E-state index in [0.717, 1.165) is 33.2 Å². The van der Waals surface area contributed by atoms with Gasteiger partial charge in [0.1, 0.15) is 10.7 Å². The molecule has 0 aliphatic carbocycles. The molecule has 5 rings (SSSR count). The summed E-state index contributed by atoms with van der Waals surface area (Å²) >= 11 is 1.59. The third-order valence-electron chi connectivity index (χ3n) is 5.15. The van der Waals surface area contributed by atoms with Crippen LogP contribution in [-0.4, -0.2) is 20.3 Å². The Hall–Kier alpha value is -3.77. The summed E-state index contributed by atoms with van der Waals surface area (Å²) in [7, 11) is 0. The van der Waals surface area contributed by atoms with Crippen LogP contribution in [0.1, 0.15) is 21.6 Å². The van der Waals surface area contributed by atoms with Crippen molar-refractivity contribution >= 4 is 22.9 Å². The predicted molar refractivity (Wildman–Crippen MR) is 124 cm³/mol. The first-order chi connectivity index (χ1) is 15.2. The standard InChI is InChI=1S/C25H20N4OS/c1-17-7-5-6-10-21(17)25-27-20(16-31-25)14-26-24(30)19-11-12-29-15-22(28-23(29)13-19)18-8-3-2-4-9-18/h2-13,15-16H,14H2,1H3,(H,26,30). The number of pyridine rings is 1. The fourth-order valence-electron chi connectivity index (χ4n) is 3.47. The van der Waals surface area contributed by atoms with E-state index in [9.17, 15) is 4.79 Å². The first kappa shape index (κ1) is 19.2. The van der Waals surface area contributed by atoms with Crippen molar-refractivity contribution < 1.29 is 4.79 Å². The Morgan fingerprint density at radius 2 is 1.84 bits per heavy atom. The van der Waals surface area contributed by atoms with Gasteiger partial charge >= 0.3 is 0 Å². The Kier molecular flexibility index (Phi) is 5.06. The number of thiazole rings is 1. The number of nitrogens with zero attached hydrogens (tertiary/aromatic N) is 3. The van der Waals surface area contributed by atoms with E-state index in [-0.39, 0.29) is 5.91 Å². The molecule has 0 saturated carbocycles. The fourth-order valence-corrected chi connectivity index (χ4v) is 4.38. The fraction of sp³-hybridized carbons (Fsp3) is 0.0800. The van der Waals surface area contributed by atoms with Gasteiger partial charge < -0.3 is 9.72 Å². The molecule has 1 amide bonds. The summed E-state index contributed by atoms with van der Waals surface area (Å²) in [5.41, 5.74) is 6.41. The molecule has 6 heteroatoms.